The van der Waals surface area contributed by atoms with Crippen molar-refractivity contribution in [3.8, 4) is 0 Å². The van der Waals surface area contributed by atoms with Crippen LogP contribution in [0.1, 0.15) is 90.4 Å². The molecule has 29 heavy (non-hydrogen) atoms. The van der Waals surface area contributed by atoms with Gasteiger partial charge in [-0.2, -0.15) is 0 Å². The molecule has 0 radical (unpaired) electrons. The summed E-state index contributed by atoms with van der Waals surface area (Å²) in [6.07, 6.45) is 15.8. The first-order valence-electron chi connectivity index (χ1n) is 11.6. The fourth-order valence-corrected chi connectivity index (χ4v) is 4.67. The largest absolute Gasteiger partial charge is 0.239 e. The Labute approximate surface area is 174 Å². The fourth-order valence-electron chi connectivity index (χ4n) is 4.67. The monoisotopic (exact) mass is 414 g/mol. The zero-order chi connectivity index (χ0) is 21.1. The van der Waals surface area contributed by atoms with E-state index in [-0.39, 0.29) is 12.3 Å². The summed E-state index contributed by atoms with van der Waals surface area (Å²) in [5, 5.41) is 0. The predicted octanol–water partition coefficient (Wildman–Crippen LogP) is 8.69. The van der Waals surface area contributed by atoms with Crippen molar-refractivity contribution in [2.24, 2.45) is 11.8 Å². The molecule has 0 aromatic heterocycles. The smallest absolute Gasteiger partial charge is 0.238 e. The van der Waals surface area contributed by atoms with Crippen molar-refractivity contribution in [3.05, 3.63) is 36.0 Å². The first-order chi connectivity index (χ1) is 14.0. The number of alkyl halides is 4. The topological polar surface area (TPSA) is 0 Å². The van der Waals surface area contributed by atoms with Gasteiger partial charge in [-0.3, -0.25) is 0 Å². The van der Waals surface area contributed by atoms with Gasteiger partial charge in [-0.25, -0.2) is 17.6 Å². The van der Waals surface area contributed by atoms with E-state index in [1.807, 2.05) is 18.2 Å². The lowest BCUT2D eigenvalue weighted by molar-refractivity contribution is 0.0312. The van der Waals surface area contributed by atoms with Gasteiger partial charge in [0.1, 0.15) is 0 Å². The Morgan fingerprint density at radius 2 is 1.79 bits per heavy atom. The highest BCUT2D eigenvalue weighted by Crippen LogP contribution is 2.44. The lowest BCUT2D eigenvalue weighted by Gasteiger charge is -2.39. The summed E-state index contributed by atoms with van der Waals surface area (Å²) < 4.78 is 54.4. The molecule has 0 N–H and O–H groups in total. The molecule has 2 rings (SSSR count). The van der Waals surface area contributed by atoms with Crippen molar-refractivity contribution < 1.29 is 17.6 Å². The second-order valence-corrected chi connectivity index (χ2v) is 8.85. The molecule has 2 aliphatic carbocycles. The van der Waals surface area contributed by atoms with Crippen LogP contribution in [0.3, 0.4) is 0 Å². The molecule has 0 amide bonds. The van der Waals surface area contributed by atoms with E-state index in [0.29, 0.717) is 12.3 Å². The van der Waals surface area contributed by atoms with Crippen molar-refractivity contribution in [1.82, 2.24) is 0 Å². The molecular formula is C25H38F4. The van der Waals surface area contributed by atoms with Crippen molar-refractivity contribution in [2.75, 3.05) is 0 Å². The summed E-state index contributed by atoms with van der Waals surface area (Å²) in [5.74, 6) is 0.286. The number of hydrogen-bond donors (Lipinski definition) is 0. The van der Waals surface area contributed by atoms with E-state index >= 15 is 4.39 Å². The molecule has 1 saturated carbocycles. The van der Waals surface area contributed by atoms with E-state index in [9.17, 15) is 13.2 Å². The van der Waals surface area contributed by atoms with Crippen LogP contribution >= 0.6 is 0 Å². The highest BCUT2D eigenvalue weighted by Gasteiger charge is 2.46. The second kappa shape index (κ2) is 12.6. The maximum Gasteiger partial charge on any atom is 0.238 e. The molecule has 0 spiro atoms. The average Bonchev–Trinajstić information content (AvgIpc) is 2.71. The molecule has 2 atom stereocenters. The minimum Gasteiger partial charge on any atom is -0.239 e. The van der Waals surface area contributed by atoms with Gasteiger partial charge in [0.05, 0.1) is 0 Å². The highest BCUT2D eigenvalue weighted by molar-refractivity contribution is 5.32. The quantitative estimate of drug-likeness (QED) is 0.170. The van der Waals surface area contributed by atoms with Gasteiger partial charge in [0, 0.05) is 6.42 Å². The Kier molecular flexibility index (Phi) is 10.5. The van der Waals surface area contributed by atoms with Crippen molar-refractivity contribution >= 4 is 0 Å². The Morgan fingerprint density at radius 3 is 2.45 bits per heavy atom. The van der Waals surface area contributed by atoms with Gasteiger partial charge in [-0.05, 0) is 74.5 Å². The molecule has 0 bridgehead atoms. The van der Waals surface area contributed by atoms with Crippen LogP contribution in [-0.2, 0) is 0 Å². The van der Waals surface area contributed by atoms with Crippen LogP contribution < -0.4 is 0 Å². The number of allylic oxidation sites excluding steroid dienone is 6. The second-order valence-electron chi connectivity index (χ2n) is 8.85. The molecule has 0 saturated heterocycles. The number of hydrogen-bond acceptors (Lipinski definition) is 0. The van der Waals surface area contributed by atoms with Crippen LogP contribution in [0.25, 0.3) is 0 Å². The summed E-state index contributed by atoms with van der Waals surface area (Å²) in [6.45, 7) is 2.16. The summed E-state index contributed by atoms with van der Waals surface area (Å²) in [4.78, 5) is 0. The molecular weight excluding hydrogens is 376 g/mol. The molecule has 4 heteroatoms. The van der Waals surface area contributed by atoms with E-state index in [2.05, 4.69) is 6.92 Å². The third kappa shape index (κ3) is 7.94. The Hall–Kier alpha value is -1.06. The molecule has 2 aliphatic rings. The van der Waals surface area contributed by atoms with Gasteiger partial charge in [0.25, 0.3) is 0 Å². The molecule has 0 aromatic rings. The SMILES string of the molecule is CCCCCCC1=CC(F)C(F)(C2CCC(CC/C=C/CCC(F)F)CC2)C=C1. The fraction of sp³-hybridized carbons (Fsp3) is 0.760. The van der Waals surface area contributed by atoms with E-state index in [1.165, 1.54) is 25.0 Å². The van der Waals surface area contributed by atoms with E-state index < -0.39 is 18.3 Å². The summed E-state index contributed by atoms with van der Waals surface area (Å²) >= 11 is 0. The Morgan fingerprint density at radius 1 is 1.07 bits per heavy atom. The van der Waals surface area contributed by atoms with Crippen molar-refractivity contribution in [3.63, 3.8) is 0 Å². The van der Waals surface area contributed by atoms with Crippen LogP contribution in [0, 0.1) is 11.8 Å². The Bertz CT molecular complexity index is 543. The van der Waals surface area contributed by atoms with Gasteiger partial charge < -0.3 is 0 Å². The van der Waals surface area contributed by atoms with Crippen LogP contribution in [0.5, 0.6) is 0 Å². The van der Waals surface area contributed by atoms with Crippen LogP contribution in [0.4, 0.5) is 17.6 Å². The molecule has 0 nitrogen and oxygen atoms in total. The van der Waals surface area contributed by atoms with E-state index in [0.717, 1.165) is 63.4 Å². The highest BCUT2D eigenvalue weighted by atomic mass is 19.3. The summed E-state index contributed by atoms with van der Waals surface area (Å²) in [6, 6.07) is 0. The van der Waals surface area contributed by atoms with Crippen molar-refractivity contribution in [2.45, 2.75) is 109 Å². The molecule has 2 unspecified atom stereocenters. The number of rotatable bonds is 12. The zero-order valence-electron chi connectivity index (χ0n) is 17.9. The molecule has 0 heterocycles. The van der Waals surface area contributed by atoms with E-state index in [4.69, 9.17) is 0 Å². The maximum absolute atomic E-state index is 15.5. The summed E-state index contributed by atoms with van der Waals surface area (Å²) in [7, 11) is 0. The third-order valence-corrected chi connectivity index (χ3v) is 6.59. The molecule has 166 valence electrons. The molecule has 1 fully saturated rings. The van der Waals surface area contributed by atoms with Crippen LogP contribution in [0.15, 0.2) is 36.0 Å². The minimum atomic E-state index is -2.23. The van der Waals surface area contributed by atoms with Gasteiger partial charge >= 0.3 is 0 Å². The average molecular weight is 415 g/mol. The lowest BCUT2D eigenvalue weighted by atomic mass is 9.70. The van der Waals surface area contributed by atoms with Gasteiger partial charge in [-0.1, -0.05) is 57.3 Å². The predicted molar refractivity (Wildman–Crippen MR) is 114 cm³/mol. The zero-order valence-corrected chi connectivity index (χ0v) is 17.9. The normalized spacial score (nSPS) is 30.3. The van der Waals surface area contributed by atoms with Crippen LogP contribution in [-0.4, -0.2) is 18.3 Å². The number of halogens is 4. The van der Waals surface area contributed by atoms with Gasteiger partial charge in [0.2, 0.25) is 6.43 Å². The molecule has 0 aliphatic heterocycles. The van der Waals surface area contributed by atoms with E-state index in [1.54, 1.807) is 0 Å². The Balaban J connectivity index is 1.72. The first-order valence-corrected chi connectivity index (χ1v) is 11.6. The van der Waals surface area contributed by atoms with Crippen LogP contribution in [0.2, 0.25) is 0 Å². The summed E-state index contributed by atoms with van der Waals surface area (Å²) in [5.41, 5.74) is -0.915. The first kappa shape index (κ1) is 24.2. The van der Waals surface area contributed by atoms with Crippen molar-refractivity contribution in [1.29, 1.82) is 0 Å². The lowest BCUT2D eigenvalue weighted by Crippen LogP contribution is -2.43. The maximum atomic E-state index is 15.5. The van der Waals surface area contributed by atoms with Gasteiger partial charge in [0.15, 0.2) is 11.8 Å². The standard InChI is InChI=1S/C25H38F4/c1-2-3-4-7-11-21-17-18-25(29,23(26)19-21)22-15-13-20(14-16-22)10-8-5-6-9-12-24(27)28/h5-6,17-20,22-24H,2-4,7-16H2,1H3/b6-5+. The third-order valence-electron chi connectivity index (χ3n) is 6.59. The minimum absolute atomic E-state index is 0.0764. The molecule has 0 aromatic carbocycles. The van der Waals surface area contributed by atoms with Gasteiger partial charge in [-0.15, -0.1) is 0 Å². The number of unbranched alkanes of at least 4 members (excludes halogenated alkanes) is 3.